The lowest BCUT2D eigenvalue weighted by atomic mass is 9.68. The summed E-state index contributed by atoms with van der Waals surface area (Å²) in [4.78, 5) is 0. The smallest absolute Gasteiger partial charge is 0.201 e. The molecule has 0 spiro atoms. The maximum Gasteiger partial charge on any atom is 0.201 e. The molecule has 2 aliphatic rings. The molecule has 0 radical (unpaired) electrons. The van der Waals surface area contributed by atoms with E-state index in [1.165, 1.54) is 57.4 Å². The first kappa shape index (κ1) is 33.4. The van der Waals surface area contributed by atoms with Crippen LogP contribution in [0.5, 0.6) is 5.75 Å². The molecule has 4 heteroatoms. The highest BCUT2D eigenvalue weighted by molar-refractivity contribution is 5.71. The van der Waals surface area contributed by atoms with E-state index in [1.54, 1.807) is 24.3 Å². The predicted octanol–water partition coefficient (Wildman–Crippen LogP) is 12.8. The molecule has 242 valence electrons. The Morgan fingerprint density at radius 1 is 0.711 bits per heavy atom. The quantitative estimate of drug-likeness (QED) is 0.129. The number of ether oxygens (including phenoxy) is 1. The summed E-state index contributed by atoms with van der Waals surface area (Å²) in [5.74, 6) is 0.756. The molecule has 0 amide bonds. The van der Waals surface area contributed by atoms with Gasteiger partial charge in [-0.25, -0.2) is 8.78 Å². The van der Waals surface area contributed by atoms with Crippen molar-refractivity contribution in [2.75, 3.05) is 6.61 Å². The van der Waals surface area contributed by atoms with E-state index < -0.39 is 11.6 Å². The van der Waals surface area contributed by atoms with E-state index in [0.29, 0.717) is 12.2 Å². The zero-order chi connectivity index (χ0) is 31.6. The third kappa shape index (κ3) is 8.63. The summed E-state index contributed by atoms with van der Waals surface area (Å²) in [6, 6.07) is 15.9. The van der Waals surface area contributed by atoms with Gasteiger partial charge < -0.3 is 4.74 Å². The predicted molar refractivity (Wildman–Crippen MR) is 181 cm³/mol. The van der Waals surface area contributed by atoms with Crippen molar-refractivity contribution in [2.24, 2.45) is 17.8 Å². The van der Waals surface area contributed by atoms with Crippen LogP contribution in [-0.4, -0.2) is 6.61 Å². The molecule has 3 aromatic carbocycles. The van der Waals surface area contributed by atoms with Gasteiger partial charge in [0.15, 0.2) is 11.6 Å². The van der Waals surface area contributed by atoms with Gasteiger partial charge in [0.1, 0.15) is 5.82 Å². The highest BCUT2D eigenvalue weighted by Gasteiger charge is 2.32. The molecule has 0 N–H and O–H groups in total. The van der Waals surface area contributed by atoms with E-state index in [4.69, 9.17) is 4.74 Å². The van der Waals surface area contributed by atoms with Crippen molar-refractivity contribution in [2.45, 2.75) is 109 Å². The Balaban J connectivity index is 1.15. The molecule has 2 fully saturated rings. The summed E-state index contributed by atoms with van der Waals surface area (Å²) in [5.41, 5.74) is 3.23. The van der Waals surface area contributed by atoms with Gasteiger partial charge in [-0.2, -0.15) is 4.39 Å². The largest absolute Gasteiger partial charge is 0.490 e. The van der Waals surface area contributed by atoms with Crippen molar-refractivity contribution in [1.29, 1.82) is 0 Å². The minimum atomic E-state index is -0.955. The lowest BCUT2D eigenvalue weighted by Crippen LogP contribution is -2.25. The van der Waals surface area contributed by atoms with Gasteiger partial charge in [-0.1, -0.05) is 87.9 Å². The Bertz CT molecular complexity index is 1360. The second-order valence-electron chi connectivity index (χ2n) is 13.6. The zero-order valence-corrected chi connectivity index (χ0v) is 27.1. The number of hydrogen-bond donors (Lipinski definition) is 0. The summed E-state index contributed by atoms with van der Waals surface area (Å²) in [7, 11) is 0. The molecule has 0 atom stereocenters. The molecule has 5 rings (SSSR count). The van der Waals surface area contributed by atoms with Crippen molar-refractivity contribution < 1.29 is 17.9 Å². The first-order chi connectivity index (χ1) is 22.0. The van der Waals surface area contributed by atoms with Crippen molar-refractivity contribution >= 4 is 0 Å². The van der Waals surface area contributed by atoms with E-state index in [2.05, 4.69) is 13.5 Å². The molecule has 0 aromatic heterocycles. The van der Waals surface area contributed by atoms with E-state index in [0.717, 1.165) is 79.4 Å². The van der Waals surface area contributed by atoms with Crippen molar-refractivity contribution in [3.63, 3.8) is 0 Å². The van der Waals surface area contributed by atoms with Crippen LogP contribution in [-0.2, 0) is 0 Å². The minimum Gasteiger partial charge on any atom is -0.490 e. The van der Waals surface area contributed by atoms with Crippen LogP contribution in [0.25, 0.3) is 22.3 Å². The van der Waals surface area contributed by atoms with Gasteiger partial charge in [-0.05, 0) is 122 Å². The first-order valence-corrected chi connectivity index (χ1v) is 17.6. The van der Waals surface area contributed by atoms with Crippen LogP contribution in [0.1, 0.15) is 115 Å². The summed E-state index contributed by atoms with van der Waals surface area (Å²) in [6.07, 6.45) is 19.8. The Morgan fingerprint density at radius 2 is 1.36 bits per heavy atom. The Morgan fingerprint density at radius 3 is 2.02 bits per heavy atom. The number of halogens is 3. The van der Waals surface area contributed by atoms with Gasteiger partial charge in [-0.3, -0.25) is 0 Å². The van der Waals surface area contributed by atoms with Crippen molar-refractivity contribution in [3.8, 4) is 28.0 Å². The van der Waals surface area contributed by atoms with Crippen LogP contribution in [0.15, 0.2) is 67.3 Å². The van der Waals surface area contributed by atoms with Gasteiger partial charge in [0.2, 0.25) is 5.82 Å². The summed E-state index contributed by atoms with van der Waals surface area (Å²) in [6.45, 7) is 6.41. The number of benzene rings is 3. The molecule has 1 nitrogen and oxygen atoms in total. The van der Waals surface area contributed by atoms with Gasteiger partial charge in [0.05, 0.1) is 6.61 Å². The number of rotatable bonds is 14. The standard InChI is InChI=1S/C41H51F3O/c1-3-5-7-8-9-27-45-39-26-25-37(40(43)41(39)44)34-21-17-32(18-22-34)35-23-24-36(38(42)28-35)33-19-15-31(16-20-33)30-13-11-29(12-14-30)10-6-4-2/h4,17-18,21-26,28-31,33H,2-3,5-16,19-20,27H2,1H3. The molecule has 2 saturated carbocycles. The molecule has 3 aromatic rings. The first-order valence-electron chi connectivity index (χ1n) is 17.6. The number of hydrogen-bond acceptors (Lipinski definition) is 1. The molecule has 0 heterocycles. The number of allylic oxidation sites excluding steroid dienone is 1. The Hall–Kier alpha value is -3.01. The van der Waals surface area contributed by atoms with E-state index in [9.17, 15) is 8.78 Å². The van der Waals surface area contributed by atoms with Crippen molar-refractivity contribution in [1.82, 2.24) is 0 Å². The van der Waals surface area contributed by atoms with Crippen LogP contribution in [0.2, 0.25) is 0 Å². The van der Waals surface area contributed by atoms with Crippen LogP contribution in [0.4, 0.5) is 13.2 Å². The molecule has 45 heavy (non-hydrogen) atoms. The van der Waals surface area contributed by atoms with E-state index in [1.807, 2.05) is 30.3 Å². The van der Waals surface area contributed by atoms with Gasteiger partial charge >= 0.3 is 0 Å². The summed E-state index contributed by atoms with van der Waals surface area (Å²) < 4.78 is 50.8. The van der Waals surface area contributed by atoms with Crippen LogP contribution in [0.3, 0.4) is 0 Å². The average Bonchev–Trinajstić information content (AvgIpc) is 3.07. The fourth-order valence-electron chi connectivity index (χ4n) is 7.84. The lowest BCUT2D eigenvalue weighted by Gasteiger charge is -2.38. The molecule has 2 aliphatic carbocycles. The SMILES string of the molecule is C=CCCC1CCC(C2CCC(c3ccc(-c4ccc(-c5ccc(OCCCCCCC)c(F)c5F)cc4)cc3F)CC2)CC1. The lowest BCUT2D eigenvalue weighted by molar-refractivity contribution is 0.156. The molecule has 0 unspecified atom stereocenters. The fraction of sp³-hybridized carbons (Fsp3) is 0.512. The topological polar surface area (TPSA) is 9.23 Å². The van der Waals surface area contributed by atoms with E-state index in [-0.39, 0.29) is 23.0 Å². The third-order valence-corrected chi connectivity index (χ3v) is 10.6. The molecular weight excluding hydrogens is 565 g/mol. The molecular formula is C41H51F3O. The highest BCUT2D eigenvalue weighted by Crippen LogP contribution is 2.45. The normalized spacial score (nSPS) is 21.9. The van der Waals surface area contributed by atoms with E-state index >= 15 is 4.39 Å². The Labute approximate surface area is 269 Å². The minimum absolute atomic E-state index is 0.0468. The third-order valence-electron chi connectivity index (χ3n) is 10.6. The van der Waals surface area contributed by atoms with Gasteiger partial charge in [0.25, 0.3) is 0 Å². The fourth-order valence-corrected chi connectivity index (χ4v) is 7.84. The zero-order valence-electron chi connectivity index (χ0n) is 27.1. The maximum atomic E-state index is 15.5. The van der Waals surface area contributed by atoms with Crippen LogP contribution < -0.4 is 4.74 Å². The summed E-state index contributed by atoms with van der Waals surface area (Å²) in [5, 5.41) is 0. The van der Waals surface area contributed by atoms with Crippen LogP contribution >= 0.6 is 0 Å². The second kappa shape index (κ2) is 16.5. The number of unbranched alkanes of at least 4 members (excludes halogenated alkanes) is 4. The molecule has 0 saturated heterocycles. The maximum absolute atomic E-state index is 15.5. The monoisotopic (exact) mass is 616 g/mol. The highest BCUT2D eigenvalue weighted by atomic mass is 19.2. The van der Waals surface area contributed by atoms with Gasteiger partial charge in [0, 0.05) is 5.56 Å². The van der Waals surface area contributed by atoms with Crippen LogP contribution in [0, 0.1) is 35.2 Å². The summed E-state index contributed by atoms with van der Waals surface area (Å²) >= 11 is 0. The molecule has 0 bridgehead atoms. The van der Waals surface area contributed by atoms with Crippen molar-refractivity contribution in [3.05, 3.63) is 90.3 Å². The Kier molecular flexibility index (Phi) is 12.2. The van der Waals surface area contributed by atoms with Gasteiger partial charge in [-0.15, -0.1) is 6.58 Å². The second-order valence-corrected chi connectivity index (χ2v) is 13.6. The average molecular weight is 617 g/mol. The molecule has 0 aliphatic heterocycles.